The van der Waals surface area contributed by atoms with Crippen molar-refractivity contribution in [1.82, 2.24) is 15.2 Å². The number of ether oxygens (including phenoxy) is 2. The highest BCUT2D eigenvalue weighted by Gasteiger charge is 2.37. The maximum atomic E-state index is 12.7. The molecule has 7 nitrogen and oxygen atoms in total. The summed E-state index contributed by atoms with van der Waals surface area (Å²) in [5, 5.41) is 3.69. The van der Waals surface area contributed by atoms with Gasteiger partial charge in [-0.05, 0) is 63.4 Å². The molecule has 0 aliphatic carbocycles. The molecule has 0 saturated carbocycles. The fourth-order valence-electron chi connectivity index (χ4n) is 2.70. The number of nitrogens with zero attached hydrogens (tertiary/aromatic N) is 2. The summed E-state index contributed by atoms with van der Waals surface area (Å²) in [6.07, 6.45) is 2.08. The molecule has 1 fully saturated rings. The molecule has 1 aromatic heterocycles. The molecule has 2 atom stereocenters. The van der Waals surface area contributed by atoms with E-state index in [1.54, 1.807) is 24.9 Å². The molecule has 1 aliphatic heterocycles. The largest absolute Gasteiger partial charge is 0.447 e. The monoisotopic (exact) mass is 447 g/mol. The van der Waals surface area contributed by atoms with Gasteiger partial charge in [0.25, 0.3) is 0 Å². The van der Waals surface area contributed by atoms with Gasteiger partial charge in [0.1, 0.15) is 10.6 Å². The average molecular weight is 448 g/mol. The maximum absolute atomic E-state index is 12.7. The van der Waals surface area contributed by atoms with Crippen molar-refractivity contribution < 1.29 is 19.1 Å². The Labute approximate surface area is 166 Å². The van der Waals surface area contributed by atoms with Gasteiger partial charge in [0.05, 0.1) is 28.2 Å². The lowest BCUT2D eigenvalue weighted by atomic mass is 9.99. The Morgan fingerprint density at radius 3 is 2.62 bits per heavy atom. The van der Waals surface area contributed by atoms with E-state index in [1.807, 2.05) is 20.8 Å². The first-order valence-corrected chi connectivity index (χ1v) is 10.2. The summed E-state index contributed by atoms with van der Waals surface area (Å²) in [7, 11) is 0. The molecule has 1 N–H and O–H groups in total. The molecule has 1 aromatic rings. The van der Waals surface area contributed by atoms with Crippen LogP contribution < -0.4 is 5.32 Å². The Morgan fingerprint density at radius 1 is 1.38 bits per heavy atom. The first-order valence-electron chi connectivity index (χ1n) is 8.63. The van der Waals surface area contributed by atoms with Gasteiger partial charge in [-0.2, -0.15) is 0 Å². The standard InChI is InChI=1S/C17H26BrN3O4S/c1-10(2)24-15(22)20-11-6-7-12(14-19-8-13(18)26-14)21(9-11)16(23)25-17(3,4)5/h8,10-12H,6-7,9H2,1-5H3,(H,20,22)/t11-,12+/m1/s1. The van der Waals surface area contributed by atoms with Gasteiger partial charge in [-0.1, -0.05) is 0 Å². The van der Waals surface area contributed by atoms with Crippen molar-refractivity contribution in [2.75, 3.05) is 6.54 Å². The topological polar surface area (TPSA) is 80.8 Å². The Hall–Kier alpha value is -1.35. The van der Waals surface area contributed by atoms with Crippen LogP contribution >= 0.6 is 27.3 Å². The third-order valence-corrected chi connectivity index (χ3v) is 5.23. The van der Waals surface area contributed by atoms with Crippen molar-refractivity contribution in [2.45, 2.75) is 71.2 Å². The third kappa shape index (κ3) is 6.12. The Bertz CT molecular complexity index is 644. The molecule has 1 aliphatic rings. The zero-order valence-electron chi connectivity index (χ0n) is 15.7. The van der Waals surface area contributed by atoms with Crippen molar-refractivity contribution in [3.8, 4) is 0 Å². The summed E-state index contributed by atoms with van der Waals surface area (Å²) in [6.45, 7) is 9.44. The number of thiazole rings is 1. The van der Waals surface area contributed by atoms with E-state index in [0.717, 1.165) is 15.2 Å². The number of aromatic nitrogens is 1. The molecule has 2 rings (SSSR count). The van der Waals surface area contributed by atoms with Crippen LogP contribution in [0.2, 0.25) is 0 Å². The fraction of sp³-hybridized carbons (Fsp3) is 0.706. The lowest BCUT2D eigenvalue weighted by molar-refractivity contribution is 0.00491. The first kappa shape index (κ1) is 21.0. The molecule has 0 spiro atoms. The van der Waals surface area contributed by atoms with Gasteiger partial charge < -0.3 is 14.8 Å². The number of piperidine rings is 1. The lowest BCUT2D eigenvalue weighted by Crippen LogP contribution is -2.52. The maximum Gasteiger partial charge on any atom is 0.410 e. The highest BCUT2D eigenvalue weighted by Crippen LogP contribution is 2.35. The van der Waals surface area contributed by atoms with E-state index >= 15 is 0 Å². The van der Waals surface area contributed by atoms with Crippen molar-refractivity contribution >= 4 is 39.5 Å². The second-order valence-electron chi connectivity index (χ2n) is 7.52. The molecule has 2 amide bonds. The molecule has 0 radical (unpaired) electrons. The summed E-state index contributed by atoms with van der Waals surface area (Å²) < 4.78 is 11.6. The first-order chi connectivity index (χ1) is 12.0. The van der Waals surface area contributed by atoms with Crippen molar-refractivity contribution in [3.05, 3.63) is 15.0 Å². The minimum Gasteiger partial charge on any atom is -0.447 e. The van der Waals surface area contributed by atoms with Crippen LogP contribution in [0.1, 0.15) is 58.5 Å². The Kier molecular flexibility index (Phi) is 6.90. The van der Waals surface area contributed by atoms with Crippen LogP contribution in [0, 0.1) is 0 Å². The van der Waals surface area contributed by atoms with E-state index in [2.05, 4.69) is 26.2 Å². The summed E-state index contributed by atoms with van der Waals surface area (Å²) in [5.41, 5.74) is -0.595. The number of likely N-dealkylation sites (tertiary alicyclic amines) is 1. The number of rotatable bonds is 3. The molecule has 1 saturated heterocycles. The van der Waals surface area contributed by atoms with Gasteiger partial charge >= 0.3 is 12.2 Å². The van der Waals surface area contributed by atoms with Gasteiger partial charge in [-0.15, -0.1) is 11.3 Å². The van der Waals surface area contributed by atoms with Crippen molar-refractivity contribution in [3.63, 3.8) is 0 Å². The van der Waals surface area contributed by atoms with Crippen LogP contribution in [0.5, 0.6) is 0 Å². The van der Waals surface area contributed by atoms with Crippen molar-refractivity contribution in [1.29, 1.82) is 0 Å². The average Bonchev–Trinajstić information content (AvgIpc) is 2.91. The predicted octanol–water partition coefficient (Wildman–Crippen LogP) is 4.48. The highest BCUT2D eigenvalue weighted by molar-refractivity contribution is 9.11. The van der Waals surface area contributed by atoms with Gasteiger partial charge in [0, 0.05) is 6.54 Å². The second-order valence-corrected chi connectivity index (χ2v) is 9.97. The molecule has 2 heterocycles. The number of amides is 2. The molecule has 26 heavy (non-hydrogen) atoms. The molecule has 0 aromatic carbocycles. The van der Waals surface area contributed by atoms with E-state index < -0.39 is 17.8 Å². The number of alkyl carbamates (subject to hydrolysis) is 1. The second kappa shape index (κ2) is 8.56. The molecule has 0 bridgehead atoms. The Balaban J connectivity index is 2.13. The fourth-order valence-corrected chi connectivity index (χ4v) is 4.10. The van der Waals surface area contributed by atoms with E-state index in [0.29, 0.717) is 13.0 Å². The highest BCUT2D eigenvalue weighted by atomic mass is 79.9. The quantitative estimate of drug-likeness (QED) is 0.738. The summed E-state index contributed by atoms with van der Waals surface area (Å²) in [4.78, 5) is 30.7. The molecule has 9 heteroatoms. The normalized spacial score (nSPS) is 20.8. The number of carbonyl (C=O) groups is 2. The number of hydrogen-bond donors (Lipinski definition) is 1. The molecular formula is C17H26BrN3O4S. The number of nitrogens with one attached hydrogen (secondary N) is 1. The molecule has 146 valence electrons. The van der Waals surface area contributed by atoms with Crippen LogP contribution in [0.3, 0.4) is 0 Å². The summed E-state index contributed by atoms with van der Waals surface area (Å²) in [6, 6.07) is -0.353. The third-order valence-electron chi connectivity index (χ3n) is 3.66. The van der Waals surface area contributed by atoms with Gasteiger partial charge in [-0.25, -0.2) is 14.6 Å². The van der Waals surface area contributed by atoms with Crippen LogP contribution in [-0.2, 0) is 9.47 Å². The van der Waals surface area contributed by atoms with E-state index in [-0.39, 0.29) is 18.2 Å². The predicted molar refractivity (Wildman–Crippen MR) is 103 cm³/mol. The van der Waals surface area contributed by atoms with Crippen LogP contribution in [-0.4, -0.2) is 46.4 Å². The van der Waals surface area contributed by atoms with E-state index in [9.17, 15) is 9.59 Å². The van der Waals surface area contributed by atoms with Crippen LogP contribution in [0.15, 0.2) is 9.98 Å². The number of halogens is 1. The van der Waals surface area contributed by atoms with Crippen molar-refractivity contribution in [2.24, 2.45) is 0 Å². The van der Waals surface area contributed by atoms with Gasteiger partial charge in [0.15, 0.2) is 0 Å². The molecular weight excluding hydrogens is 422 g/mol. The zero-order chi connectivity index (χ0) is 19.5. The van der Waals surface area contributed by atoms with Crippen LogP contribution in [0.4, 0.5) is 9.59 Å². The zero-order valence-corrected chi connectivity index (χ0v) is 18.1. The van der Waals surface area contributed by atoms with Crippen LogP contribution in [0.25, 0.3) is 0 Å². The smallest absolute Gasteiger partial charge is 0.410 e. The summed E-state index contributed by atoms with van der Waals surface area (Å²) in [5.74, 6) is 0. The Morgan fingerprint density at radius 2 is 2.08 bits per heavy atom. The minimum atomic E-state index is -0.595. The van der Waals surface area contributed by atoms with Gasteiger partial charge in [0.2, 0.25) is 0 Å². The number of hydrogen-bond acceptors (Lipinski definition) is 6. The minimum absolute atomic E-state index is 0.166. The lowest BCUT2D eigenvalue weighted by Gasteiger charge is -2.39. The number of carbonyl (C=O) groups excluding carboxylic acids is 2. The molecule has 0 unspecified atom stereocenters. The summed E-state index contributed by atoms with van der Waals surface area (Å²) >= 11 is 4.92. The van der Waals surface area contributed by atoms with E-state index in [1.165, 1.54) is 11.3 Å². The van der Waals surface area contributed by atoms with E-state index in [4.69, 9.17) is 9.47 Å². The SMILES string of the molecule is CC(C)OC(=O)N[C@@H]1CC[C@@H](c2ncc(Br)s2)N(C(=O)OC(C)(C)C)C1. The van der Waals surface area contributed by atoms with Gasteiger partial charge in [-0.3, -0.25) is 4.90 Å².